The van der Waals surface area contributed by atoms with Crippen molar-refractivity contribution >= 4 is 16.9 Å². The van der Waals surface area contributed by atoms with E-state index in [0.29, 0.717) is 11.7 Å². The minimum Gasteiger partial charge on any atom is -0.397 e. The van der Waals surface area contributed by atoms with Crippen LogP contribution >= 0.6 is 0 Å². The molecule has 0 aliphatic heterocycles. The lowest BCUT2D eigenvalue weighted by Crippen LogP contribution is -2.00. The van der Waals surface area contributed by atoms with Gasteiger partial charge in [-0.15, -0.1) is 0 Å². The molecule has 1 aliphatic carbocycles. The fraction of sp³-hybridized carbons (Fsp3) is 0.214. The van der Waals surface area contributed by atoms with E-state index < -0.39 is 0 Å². The Bertz CT molecular complexity index is 740. The van der Waals surface area contributed by atoms with Crippen molar-refractivity contribution in [3.05, 3.63) is 36.7 Å². The van der Waals surface area contributed by atoms with E-state index in [1.165, 1.54) is 12.8 Å². The van der Waals surface area contributed by atoms with E-state index in [1.54, 1.807) is 6.20 Å². The molecule has 0 saturated heterocycles. The lowest BCUT2D eigenvalue weighted by molar-refractivity contribution is 0.764. The van der Waals surface area contributed by atoms with E-state index in [1.807, 2.05) is 30.5 Å². The average molecular weight is 251 g/mol. The third-order valence-corrected chi connectivity index (χ3v) is 3.38. The van der Waals surface area contributed by atoms with Crippen molar-refractivity contribution in [3.63, 3.8) is 0 Å². The topological polar surface area (TPSA) is 69.6 Å². The summed E-state index contributed by atoms with van der Waals surface area (Å²) in [6, 6.07) is 8.17. The molecule has 0 aromatic carbocycles. The van der Waals surface area contributed by atoms with Gasteiger partial charge in [0.2, 0.25) is 0 Å². The lowest BCUT2D eigenvalue weighted by Gasteiger charge is -2.06. The Morgan fingerprint density at radius 2 is 2.05 bits per heavy atom. The van der Waals surface area contributed by atoms with Crippen molar-refractivity contribution in [1.82, 2.24) is 19.5 Å². The number of nitrogens with zero attached hydrogens (tertiary/aromatic N) is 4. The number of rotatable bonds is 2. The van der Waals surface area contributed by atoms with Crippen LogP contribution in [0.5, 0.6) is 0 Å². The number of imidazole rings is 1. The van der Waals surface area contributed by atoms with Crippen LogP contribution in [0.2, 0.25) is 0 Å². The summed E-state index contributed by atoms with van der Waals surface area (Å²) < 4.78 is 2.20. The first-order chi connectivity index (χ1) is 9.33. The second-order valence-corrected chi connectivity index (χ2v) is 4.86. The Kier molecular flexibility index (Phi) is 2.09. The third kappa shape index (κ3) is 1.66. The molecule has 1 saturated carbocycles. The molecule has 19 heavy (non-hydrogen) atoms. The van der Waals surface area contributed by atoms with Gasteiger partial charge in [0.05, 0.1) is 11.9 Å². The number of nitrogen functional groups attached to an aromatic ring is 1. The zero-order valence-corrected chi connectivity index (χ0v) is 10.3. The zero-order chi connectivity index (χ0) is 12.8. The summed E-state index contributed by atoms with van der Waals surface area (Å²) in [4.78, 5) is 13.5. The van der Waals surface area contributed by atoms with Crippen LogP contribution < -0.4 is 5.73 Å². The van der Waals surface area contributed by atoms with E-state index in [-0.39, 0.29) is 0 Å². The molecule has 1 fully saturated rings. The van der Waals surface area contributed by atoms with Gasteiger partial charge < -0.3 is 10.3 Å². The summed E-state index contributed by atoms with van der Waals surface area (Å²) in [5.41, 5.74) is 9.06. The largest absolute Gasteiger partial charge is 0.397 e. The summed E-state index contributed by atoms with van der Waals surface area (Å²) in [5.74, 6) is 0.885. The molecule has 94 valence electrons. The molecule has 3 aromatic heterocycles. The van der Waals surface area contributed by atoms with Crippen LogP contribution in [0.1, 0.15) is 18.9 Å². The van der Waals surface area contributed by atoms with Gasteiger partial charge in [-0.25, -0.2) is 9.97 Å². The SMILES string of the molecule is Nc1ccc(-c2nc3cccnc3n2C2CC2)nc1. The van der Waals surface area contributed by atoms with Crippen molar-refractivity contribution in [2.45, 2.75) is 18.9 Å². The number of hydrogen-bond donors (Lipinski definition) is 1. The number of aromatic nitrogens is 4. The van der Waals surface area contributed by atoms with Gasteiger partial charge in [0.15, 0.2) is 11.5 Å². The number of pyridine rings is 2. The number of hydrogen-bond acceptors (Lipinski definition) is 4. The van der Waals surface area contributed by atoms with Gasteiger partial charge in [-0.2, -0.15) is 0 Å². The zero-order valence-electron chi connectivity index (χ0n) is 10.3. The molecule has 2 N–H and O–H groups in total. The van der Waals surface area contributed by atoms with Crippen LogP contribution in [-0.2, 0) is 0 Å². The number of anilines is 1. The first kappa shape index (κ1) is 10.5. The predicted molar refractivity (Wildman–Crippen MR) is 73.4 cm³/mol. The summed E-state index contributed by atoms with van der Waals surface area (Å²) >= 11 is 0. The van der Waals surface area contributed by atoms with E-state index in [0.717, 1.165) is 22.7 Å². The van der Waals surface area contributed by atoms with Gasteiger partial charge in [0.25, 0.3) is 0 Å². The molecular weight excluding hydrogens is 238 g/mol. The highest BCUT2D eigenvalue weighted by Crippen LogP contribution is 2.40. The summed E-state index contributed by atoms with van der Waals surface area (Å²) in [7, 11) is 0. The van der Waals surface area contributed by atoms with Gasteiger partial charge in [0, 0.05) is 12.2 Å². The Morgan fingerprint density at radius 1 is 1.16 bits per heavy atom. The molecule has 3 aromatic rings. The van der Waals surface area contributed by atoms with Crippen molar-refractivity contribution in [2.24, 2.45) is 0 Å². The summed E-state index contributed by atoms with van der Waals surface area (Å²) in [6.45, 7) is 0. The van der Waals surface area contributed by atoms with E-state index in [9.17, 15) is 0 Å². The van der Waals surface area contributed by atoms with E-state index in [2.05, 4.69) is 19.5 Å². The van der Waals surface area contributed by atoms with Crippen LogP contribution in [-0.4, -0.2) is 19.5 Å². The highest BCUT2D eigenvalue weighted by atomic mass is 15.2. The van der Waals surface area contributed by atoms with Crippen LogP contribution in [0.25, 0.3) is 22.7 Å². The maximum Gasteiger partial charge on any atom is 0.161 e. The van der Waals surface area contributed by atoms with Crippen molar-refractivity contribution < 1.29 is 0 Å². The van der Waals surface area contributed by atoms with Gasteiger partial charge in [-0.3, -0.25) is 4.98 Å². The normalized spacial score (nSPS) is 14.9. The fourth-order valence-corrected chi connectivity index (χ4v) is 2.33. The van der Waals surface area contributed by atoms with Gasteiger partial charge in [-0.1, -0.05) is 0 Å². The molecule has 0 unspecified atom stereocenters. The Hall–Kier alpha value is -2.43. The predicted octanol–water partition coefficient (Wildman–Crippen LogP) is 2.41. The Morgan fingerprint density at radius 3 is 2.79 bits per heavy atom. The molecule has 5 nitrogen and oxygen atoms in total. The fourth-order valence-electron chi connectivity index (χ4n) is 2.33. The molecular formula is C14H13N5. The van der Waals surface area contributed by atoms with Crippen LogP contribution in [0, 0.1) is 0 Å². The lowest BCUT2D eigenvalue weighted by atomic mass is 10.3. The molecule has 0 radical (unpaired) electrons. The average Bonchev–Trinajstić information content (AvgIpc) is 3.20. The van der Waals surface area contributed by atoms with Crippen LogP contribution in [0.4, 0.5) is 5.69 Å². The Labute approximate surface area is 110 Å². The van der Waals surface area contributed by atoms with Crippen LogP contribution in [0.3, 0.4) is 0 Å². The molecule has 1 aliphatic rings. The number of fused-ring (bicyclic) bond motifs is 1. The first-order valence-electron chi connectivity index (χ1n) is 6.38. The molecule has 4 rings (SSSR count). The van der Waals surface area contributed by atoms with Gasteiger partial charge in [0.1, 0.15) is 11.2 Å². The van der Waals surface area contributed by atoms with Crippen molar-refractivity contribution in [1.29, 1.82) is 0 Å². The standard InChI is InChI=1S/C14H13N5/c15-9-3-6-11(17-8-9)14-18-12-2-1-7-16-13(12)19(14)10-4-5-10/h1-3,6-8,10H,4-5,15H2. The van der Waals surface area contributed by atoms with Crippen molar-refractivity contribution in [2.75, 3.05) is 5.73 Å². The number of nitrogens with two attached hydrogens (primary N) is 1. The van der Waals surface area contributed by atoms with Gasteiger partial charge >= 0.3 is 0 Å². The second-order valence-electron chi connectivity index (χ2n) is 4.86. The maximum absolute atomic E-state index is 5.69. The monoisotopic (exact) mass is 251 g/mol. The molecule has 0 bridgehead atoms. The smallest absolute Gasteiger partial charge is 0.161 e. The maximum atomic E-state index is 5.69. The third-order valence-electron chi connectivity index (χ3n) is 3.38. The van der Waals surface area contributed by atoms with Crippen LogP contribution in [0.15, 0.2) is 36.7 Å². The first-order valence-corrected chi connectivity index (χ1v) is 6.38. The summed E-state index contributed by atoms with van der Waals surface area (Å²) in [6.07, 6.45) is 5.84. The molecule has 0 amide bonds. The van der Waals surface area contributed by atoms with Crippen molar-refractivity contribution in [3.8, 4) is 11.5 Å². The summed E-state index contributed by atoms with van der Waals surface area (Å²) in [5, 5.41) is 0. The molecule has 3 heterocycles. The minimum atomic E-state index is 0.509. The van der Waals surface area contributed by atoms with Gasteiger partial charge in [-0.05, 0) is 37.1 Å². The second kappa shape index (κ2) is 3.78. The molecule has 0 atom stereocenters. The quantitative estimate of drug-likeness (QED) is 0.759. The molecule has 5 heteroatoms. The van der Waals surface area contributed by atoms with E-state index >= 15 is 0 Å². The van der Waals surface area contributed by atoms with E-state index in [4.69, 9.17) is 5.73 Å². The Balaban J connectivity index is 1.98. The highest BCUT2D eigenvalue weighted by molar-refractivity contribution is 5.76. The highest BCUT2D eigenvalue weighted by Gasteiger charge is 2.29. The minimum absolute atomic E-state index is 0.509. The molecule has 0 spiro atoms.